The summed E-state index contributed by atoms with van der Waals surface area (Å²) in [5.41, 5.74) is 1.21. The normalized spacial score (nSPS) is 18.3. The maximum atomic E-state index is 12.7. The molecule has 1 fully saturated rings. The second-order valence-corrected chi connectivity index (χ2v) is 7.07. The van der Waals surface area contributed by atoms with Crippen LogP contribution in [0.2, 0.25) is 0 Å². The number of rotatable bonds is 5. The van der Waals surface area contributed by atoms with Gasteiger partial charge >= 0.3 is 0 Å². The van der Waals surface area contributed by atoms with Gasteiger partial charge in [-0.1, -0.05) is 48.1 Å². The molecule has 1 aromatic carbocycles. The van der Waals surface area contributed by atoms with E-state index < -0.39 is 0 Å². The molecule has 0 aliphatic carbocycles. The first-order valence-corrected chi connectivity index (χ1v) is 9.01. The van der Waals surface area contributed by atoms with Crippen LogP contribution in [0.4, 0.5) is 5.13 Å². The maximum Gasteiger partial charge on any atom is 0.243 e. The van der Waals surface area contributed by atoms with Gasteiger partial charge in [-0.2, -0.15) is 0 Å². The fraction of sp³-hybridized carbons (Fsp3) is 0.389. The predicted octanol–water partition coefficient (Wildman–Crippen LogP) is 3.34. The number of nitrogens with one attached hydrogen (secondary N) is 1. The Bertz CT molecular complexity index is 714. The Balaban J connectivity index is 1.67. The van der Waals surface area contributed by atoms with Gasteiger partial charge in [0.2, 0.25) is 5.91 Å². The van der Waals surface area contributed by atoms with Crippen molar-refractivity contribution >= 4 is 28.2 Å². The number of hydrogen-bond donors (Lipinski definition) is 1. The van der Waals surface area contributed by atoms with E-state index in [-0.39, 0.29) is 17.7 Å². The van der Waals surface area contributed by atoms with Crippen LogP contribution in [0.25, 0.3) is 0 Å². The van der Waals surface area contributed by atoms with Gasteiger partial charge in [-0.25, -0.2) is 4.98 Å². The quantitative estimate of drug-likeness (QED) is 0.846. The van der Waals surface area contributed by atoms with E-state index >= 15 is 0 Å². The van der Waals surface area contributed by atoms with Crippen molar-refractivity contribution < 1.29 is 9.59 Å². The molecule has 1 aliphatic heterocycles. The fourth-order valence-electron chi connectivity index (χ4n) is 2.98. The van der Waals surface area contributed by atoms with E-state index in [2.05, 4.69) is 27.3 Å². The minimum Gasteiger partial charge on any atom is -0.301 e. The molecule has 1 amide bonds. The van der Waals surface area contributed by atoms with Gasteiger partial charge < -0.3 is 5.32 Å². The summed E-state index contributed by atoms with van der Waals surface area (Å²) >= 11 is 1.23. The van der Waals surface area contributed by atoms with Crippen molar-refractivity contribution in [1.29, 1.82) is 0 Å². The van der Waals surface area contributed by atoms with Crippen molar-refractivity contribution in [1.82, 2.24) is 9.88 Å². The van der Waals surface area contributed by atoms with Gasteiger partial charge in [-0.05, 0) is 24.9 Å². The number of ketones is 1. The molecule has 1 aromatic heterocycles. The van der Waals surface area contributed by atoms with E-state index in [4.69, 9.17) is 0 Å². The first-order chi connectivity index (χ1) is 11.6. The Labute approximate surface area is 145 Å². The first-order valence-electron chi connectivity index (χ1n) is 8.19. The van der Waals surface area contributed by atoms with Crippen LogP contribution in [0.15, 0.2) is 36.5 Å². The molecule has 3 rings (SSSR count). The lowest BCUT2D eigenvalue weighted by atomic mass is 10.0. The minimum absolute atomic E-state index is 0.0311. The number of nitrogens with zero attached hydrogens (tertiary/aromatic N) is 2. The molecule has 5 nitrogen and oxygen atoms in total. The Morgan fingerprint density at radius 2 is 2.08 bits per heavy atom. The summed E-state index contributed by atoms with van der Waals surface area (Å²) in [4.78, 5) is 31.0. The lowest BCUT2D eigenvalue weighted by Crippen LogP contribution is -2.46. The molecule has 0 radical (unpaired) electrons. The maximum absolute atomic E-state index is 12.7. The number of aromatic nitrogens is 1. The molecule has 1 unspecified atom stereocenters. The zero-order valence-corrected chi connectivity index (χ0v) is 14.5. The molecule has 0 saturated carbocycles. The number of Topliss-reactive ketones (excluding diaryl/α,β-unsaturated/α-hetero) is 1. The molecule has 0 bridgehead atoms. The number of amides is 1. The van der Waals surface area contributed by atoms with E-state index in [1.165, 1.54) is 30.0 Å². The van der Waals surface area contributed by atoms with E-state index in [0.29, 0.717) is 10.0 Å². The Kier molecular flexibility index (Phi) is 5.37. The van der Waals surface area contributed by atoms with Crippen LogP contribution in [0, 0.1) is 0 Å². The number of thiazole rings is 1. The molecule has 2 aromatic rings. The molecule has 6 heteroatoms. The summed E-state index contributed by atoms with van der Waals surface area (Å²) in [5, 5.41) is 3.37. The monoisotopic (exact) mass is 343 g/mol. The van der Waals surface area contributed by atoms with Gasteiger partial charge in [0.15, 0.2) is 10.9 Å². The highest BCUT2D eigenvalue weighted by molar-refractivity contribution is 7.17. The summed E-state index contributed by atoms with van der Waals surface area (Å²) in [5.74, 6) is -0.0635. The number of benzene rings is 1. The lowest BCUT2D eigenvalue weighted by Gasteiger charge is -2.34. The number of carbonyl (C=O) groups excluding carboxylic acids is 2. The Morgan fingerprint density at radius 3 is 2.79 bits per heavy atom. The molecule has 1 aliphatic rings. The second kappa shape index (κ2) is 7.68. The Hall–Kier alpha value is -2.05. The largest absolute Gasteiger partial charge is 0.301 e. The van der Waals surface area contributed by atoms with Crippen molar-refractivity contribution in [3.8, 4) is 0 Å². The third-order valence-corrected chi connectivity index (χ3v) is 5.24. The van der Waals surface area contributed by atoms with Crippen LogP contribution >= 0.6 is 11.3 Å². The average molecular weight is 343 g/mol. The molecule has 2 heterocycles. The van der Waals surface area contributed by atoms with Crippen molar-refractivity contribution in [3.63, 3.8) is 0 Å². The standard InChI is InChI=1S/C18H21N3O2S/c1-13(22)16-11-19-18(24-16)20-17(23)15-9-5-6-10-21(15)12-14-7-3-2-4-8-14/h2-4,7-8,11,15H,5-6,9-10,12H2,1H3,(H,19,20,23). The molecule has 0 spiro atoms. The fourth-order valence-corrected chi connectivity index (χ4v) is 3.69. The number of likely N-dealkylation sites (tertiary alicyclic amines) is 1. The van der Waals surface area contributed by atoms with E-state index in [0.717, 1.165) is 32.4 Å². The van der Waals surface area contributed by atoms with Crippen LogP contribution in [-0.4, -0.2) is 34.2 Å². The molecule has 24 heavy (non-hydrogen) atoms. The summed E-state index contributed by atoms with van der Waals surface area (Å²) in [7, 11) is 0. The zero-order chi connectivity index (χ0) is 16.9. The van der Waals surface area contributed by atoms with Gasteiger partial charge in [-0.15, -0.1) is 0 Å². The van der Waals surface area contributed by atoms with Crippen molar-refractivity contribution in [3.05, 3.63) is 47.0 Å². The number of hydrogen-bond acceptors (Lipinski definition) is 5. The highest BCUT2D eigenvalue weighted by Gasteiger charge is 2.29. The SMILES string of the molecule is CC(=O)c1cnc(NC(=O)C2CCCCN2Cc2ccccc2)s1. The molecule has 126 valence electrons. The third-order valence-electron chi connectivity index (χ3n) is 4.23. The van der Waals surface area contributed by atoms with Crippen LogP contribution in [-0.2, 0) is 11.3 Å². The van der Waals surface area contributed by atoms with Crippen molar-refractivity contribution in [2.75, 3.05) is 11.9 Å². The van der Waals surface area contributed by atoms with Crippen molar-refractivity contribution in [2.45, 2.75) is 38.8 Å². The van der Waals surface area contributed by atoms with Crippen LogP contribution < -0.4 is 5.32 Å². The molecule has 1 atom stereocenters. The van der Waals surface area contributed by atoms with Gasteiger partial charge in [0, 0.05) is 13.5 Å². The average Bonchev–Trinajstić information content (AvgIpc) is 3.05. The van der Waals surface area contributed by atoms with E-state index in [1.807, 2.05) is 18.2 Å². The summed E-state index contributed by atoms with van der Waals surface area (Å²) < 4.78 is 0. The lowest BCUT2D eigenvalue weighted by molar-refractivity contribution is -0.122. The van der Waals surface area contributed by atoms with Gasteiger partial charge in [-0.3, -0.25) is 14.5 Å². The number of anilines is 1. The van der Waals surface area contributed by atoms with E-state index in [9.17, 15) is 9.59 Å². The summed E-state index contributed by atoms with van der Waals surface area (Å²) in [6.45, 7) is 3.20. The van der Waals surface area contributed by atoms with Crippen LogP contribution in [0.1, 0.15) is 41.4 Å². The highest BCUT2D eigenvalue weighted by atomic mass is 32.1. The van der Waals surface area contributed by atoms with Gasteiger partial charge in [0.1, 0.15) is 0 Å². The molecule has 1 N–H and O–H groups in total. The molecule has 1 saturated heterocycles. The first kappa shape index (κ1) is 16.8. The summed E-state index contributed by atoms with van der Waals surface area (Å²) in [6.07, 6.45) is 4.54. The van der Waals surface area contributed by atoms with Crippen LogP contribution in [0.5, 0.6) is 0 Å². The Morgan fingerprint density at radius 1 is 1.29 bits per heavy atom. The predicted molar refractivity (Wildman–Crippen MR) is 95.2 cm³/mol. The topological polar surface area (TPSA) is 62.3 Å². The summed E-state index contributed by atoms with van der Waals surface area (Å²) in [6, 6.07) is 10.1. The van der Waals surface area contributed by atoms with Crippen LogP contribution in [0.3, 0.4) is 0 Å². The van der Waals surface area contributed by atoms with E-state index in [1.54, 1.807) is 0 Å². The molecular formula is C18H21N3O2S. The van der Waals surface area contributed by atoms with Gasteiger partial charge in [0.25, 0.3) is 0 Å². The van der Waals surface area contributed by atoms with Crippen molar-refractivity contribution in [2.24, 2.45) is 0 Å². The third kappa shape index (κ3) is 4.07. The number of piperidine rings is 1. The second-order valence-electron chi connectivity index (χ2n) is 6.04. The van der Waals surface area contributed by atoms with Gasteiger partial charge in [0.05, 0.1) is 17.1 Å². The smallest absolute Gasteiger partial charge is 0.243 e. The molecular weight excluding hydrogens is 322 g/mol. The minimum atomic E-state index is -0.149. The zero-order valence-electron chi connectivity index (χ0n) is 13.7. The highest BCUT2D eigenvalue weighted by Crippen LogP contribution is 2.23. The number of carbonyl (C=O) groups is 2.